The minimum Gasteiger partial charge on any atom is -0.493 e. The van der Waals surface area contributed by atoms with Gasteiger partial charge in [-0.1, -0.05) is 0 Å². The van der Waals surface area contributed by atoms with E-state index in [4.69, 9.17) is 9.47 Å². The van der Waals surface area contributed by atoms with Crippen LogP contribution >= 0.6 is 0 Å². The molecular formula is C20H23N3O3. The van der Waals surface area contributed by atoms with E-state index < -0.39 is 0 Å². The van der Waals surface area contributed by atoms with E-state index in [9.17, 15) is 4.79 Å². The fourth-order valence-electron chi connectivity index (χ4n) is 3.52. The molecule has 1 aromatic carbocycles. The van der Waals surface area contributed by atoms with E-state index in [0.29, 0.717) is 26.3 Å². The van der Waals surface area contributed by atoms with E-state index in [1.165, 1.54) is 16.7 Å². The fourth-order valence-corrected chi connectivity index (χ4v) is 3.52. The lowest BCUT2D eigenvalue weighted by Crippen LogP contribution is -2.38. The number of urea groups is 1. The van der Waals surface area contributed by atoms with E-state index in [2.05, 4.69) is 16.4 Å². The smallest absolute Gasteiger partial charge is 0.317 e. The number of amides is 2. The Morgan fingerprint density at radius 2 is 2.04 bits per heavy atom. The molecule has 4 rings (SSSR count). The van der Waals surface area contributed by atoms with Gasteiger partial charge in [-0.2, -0.15) is 0 Å². The van der Waals surface area contributed by atoms with Crippen molar-refractivity contribution < 1.29 is 14.3 Å². The van der Waals surface area contributed by atoms with Crippen LogP contribution in [0.3, 0.4) is 0 Å². The molecule has 26 heavy (non-hydrogen) atoms. The highest BCUT2D eigenvalue weighted by Gasteiger charge is 2.26. The van der Waals surface area contributed by atoms with E-state index in [0.717, 1.165) is 36.3 Å². The lowest BCUT2D eigenvalue weighted by molar-refractivity contribution is 0.208. The molecule has 0 unspecified atom stereocenters. The van der Waals surface area contributed by atoms with Crippen LogP contribution in [0, 0.1) is 0 Å². The van der Waals surface area contributed by atoms with Crippen LogP contribution in [-0.4, -0.2) is 42.7 Å². The zero-order valence-corrected chi connectivity index (χ0v) is 15.0. The third kappa shape index (κ3) is 3.31. The van der Waals surface area contributed by atoms with Crippen molar-refractivity contribution in [2.75, 3.05) is 26.8 Å². The molecule has 0 aliphatic carbocycles. The van der Waals surface area contributed by atoms with E-state index >= 15 is 0 Å². The summed E-state index contributed by atoms with van der Waals surface area (Å²) in [6, 6.07) is 5.96. The Hall–Kier alpha value is -2.76. The Bertz CT molecular complexity index is 775. The third-order valence-electron chi connectivity index (χ3n) is 5.01. The summed E-state index contributed by atoms with van der Waals surface area (Å²) in [6.07, 6.45) is 6.12. The van der Waals surface area contributed by atoms with Crippen LogP contribution in [0.2, 0.25) is 0 Å². The Labute approximate surface area is 153 Å². The largest absolute Gasteiger partial charge is 0.493 e. The van der Waals surface area contributed by atoms with Crippen molar-refractivity contribution in [2.24, 2.45) is 0 Å². The summed E-state index contributed by atoms with van der Waals surface area (Å²) in [5, 5.41) is 3.03. The summed E-state index contributed by atoms with van der Waals surface area (Å²) in [7, 11) is 1.82. The normalized spacial score (nSPS) is 14.2. The molecule has 3 heterocycles. The van der Waals surface area contributed by atoms with Crippen LogP contribution in [0.15, 0.2) is 30.6 Å². The first-order valence-electron chi connectivity index (χ1n) is 9.03. The number of likely N-dealkylation sites (N-methyl/N-ethyl adjacent to an activating group) is 1. The van der Waals surface area contributed by atoms with Gasteiger partial charge in [0.15, 0.2) is 0 Å². The fraction of sp³-hybridized carbons (Fsp3) is 0.400. The van der Waals surface area contributed by atoms with Crippen LogP contribution in [0.4, 0.5) is 4.79 Å². The predicted octanol–water partition coefficient (Wildman–Crippen LogP) is 2.34. The number of benzene rings is 1. The number of pyridine rings is 1. The SMILES string of the molecule is CN(CCc1ccncc1)C(=O)NCc1c2c(cc3c1OCC3)OCC2. The Morgan fingerprint density at radius 3 is 2.88 bits per heavy atom. The van der Waals surface area contributed by atoms with Gasteiger partial charge in [-0.05, 0) is 30.2 Å². The second-order valence-corrected chi connectivity index (χ2v) is 6.70. The van der Waals surface area contributed by atoms with Crippen molar-refractivity contribution in [3.63, 3.8) is 0 Å². The molecule has 2 aliphatic rings. The second-order valence-electron chi connectivity index (χ2n) is 6.70. The highest BCUT2D eigenvalue weighted by molar-refractivity contribution is 5.74. The summed E-state index contributed by atoms with van der Waals surface area (Å²) in [4.78, 5) is 18.2. The molecule has 136 valence electrons. The highest BCUT2D eigenvalue weighted by atomic mass is 16.5. The second kappa shape index (κ2) is 7.23. The summed E-state index contributed by atoms with van der Waals surface area (Å²) in [6.45, 7) is 2.52. The number of hydrogen-bond acceptors (Lipinski definition) is 4. The molecule has 6 nitrogen and oxygen atoms in total. The van der Waals surface area contributed by atoms with Crippen molar-refractivity contribution in [3.8, 4) is 11.5 Å². The number of nitrogens with zero attached hydrogens (tertiary/aromatic N) is 2. The average Bonchev–Trinajstić information content (AvgIpc) is 3.32. The number of fused-ring (bicyclic) bond motifs is 2. The Kier molecular flexibility index (Phi) is 4.65. The predicted molar refractivity (Wildman–Crippen MR) is 97.6 cm³/mol. The molecule has 0 atom stereocenters. The molecule has 1 N–H and O–H groups in total. The minimum absolute atomic E-state index is 0.0812. The van der Waals surface area contributed by atoms with Crippen LogP contribution in [0.25, 0.3) is 0 Å². The van der Waals surface area contributed by atoms with Gasteiger partial charge >= 0.3 is 6.03 Å². The van der Waals surface area contributed by atoms with E-state index in [1.807, 2.05) is 19.2 Å². The van der Waals surface area contributed by atoms with Crippen molar-refractivity contribution >= 4 is 6.03 Å². The van der Waals surface area contributed by atoms with Gasteiger partial charge in [0.05, 0.1) is 13.2 Å². The first-order chi connectivity index (χ1) is 12.7. The summed E-state index contributed by atoms with van der Waals surface area (Å²) >= 11 is 0. The maximum absolute atomic E-state index is 12.5. The van der Waals surface area contributed by atoms with Gasteiger partial charge in [-0.3, -0.25) is 4.98 Å². The quantitative estimate of drug-likeness (QED) is 0.896. The maximum atomic E-state index is 12.5. The first kappa shape index (κ1) is 16.7. The van der Waals surface area contributed by atoms with Crippen molar-refractivity contribution in [3.05, 3.63) is 52.8 Å². The molecule has 0 saturated heterocycles. The number of ether oxygens (including phenoxy) is 2. The van der Waals surface area contributed by atoms with Crippen LogP contribution < -0.4 is 14.8 Å². The van der Waals surface area contributed by atoms with Crippen molar-refractivity contribution in [1.29, 1.82) is 0 Å². The molecule has 0 saturated carbocycles. The first-order valence-corrected chi connectivity index (χ1v) is 9.03. The van der Waals surface area contributed by atoms with Gasteiger partial charge < -0.3 is 19.7 Å². The molecule has 0 radical (unpaired) electrons. The summed E-state index contributed by atoms with van der Waals surface area (Å²) in [5.41, 5.74) is 4.60. The van der Waals surface area contributed by atoms with Crippen LogP contribution in [-0.2, 0) is 25.8 Å². The number of nitrogens with one attached hydrogen (secondary N) is 1. The Morgan fingerprint density at radius 1 is 1.23 bits per heavy atom. The lowest BCUT2D eigenvalue weighted by atomic mass is 9.99. The summed E-state index contributed by atoms with van der Waals surface area (Å²) in [5.74, 6) is 1.89. The van der Waals surface area contributed by atoms with E-state index in [-0.39, 0.29) is 6.03 Å². The number of rotatable bonds is 5. The monoisotopic (exact) mass is 353 g/mol. The number of carbonyl (C=O) groups is 1. The van der Waals surface area contributed by atoms with Gasteiger partial charge in [0, 0.05) is 62.1 Å². The summed E-state index contributed by atoms with van der Waals surface area (Å²) < 4.78 is 11.5. The van der Waals surface area contributed by atoms with Gasteiger partial charge in [0.1, 0.15) is 11.5 Å². The van der Waals surface area contributed by atoms with Crippen LogP contribution in [0.1, 0.15) is 22.3 Å². The molecular weight excluding hydrogens is 330 g/mol. The van der Waals surface area contributed by atoms with Gasteiger partial charge in [-0.25, -0.2) is 4.79 Å². The van der Waals surface area contributed by atoms with Crippen molar-refractivity contribution in [2.45, 2.75) is 25.8 Å². The molecule has 2 aromatic rings. The molecule has 1 aromatic heterocycles. The molecule has 6 heteroatoms. The molecule has 0 spiro atoms. The van der Waals surface area contributed by atoms with Crippen LogP contribution in [0.5, 0.6) is 11.5 Å². The average molecular weight is 353 g/mol. The molecule has 2 aliphatic heterocycles. The van der Waals surface area contributed by atoms with Gasteiger partial charge in [-0.15, -0.1) is 0 Å². The molecule has 0 fully saturated rings. The number of hydrogen-bond donors (Lipinski definition) is 1. The van der Waals surface area contributed by atoms with Gasteiger partial charge in [0.2, 0.25) is 0 Å². The zero-order valence-electron chi connectivity index (χ0n) is 15.0. The lowest BCUT2D eigenvalue weighted by Gasteiger charge is -2.19. The Balaban J connectivity index is 1.39. The maximum Gasteiger partial charge on any atom is 0.317 e. The van der Waals surface area contributed by atoms with Crippen molar-refractivity contribution in [1.82, 2.24) is 15.2 Å². The number of carbonyl (C=O) groups excluding carboxylic acids is 1. The standard InChI is InChI=1S/C20H23N3O3/c1-23(9-4-14-2-7-21-8-3-14)20(24)22-13-17-16-6-11-25-18(16)12-15-5-10-26-19(15)17/h2-3,7-8,12H,4-6,9-11,13H2,1H3,(H,22,24). The minimum atomic E-state index is -0.0812. The topological polar surface area (TPSA) is 63.7 Å². The molecule has 2 amide bonds. The highest BCUT2D eigenvalue weighted by Crippen LogP contribution is 2.40. The van der Waals surface area contributed by atoms with E-state index in [1.54, 1.807) is 17.3 Å². The molecule has 0 bridgehead atoms. The van der Waals surface area contributed by atoms with Gasteiger partial charge in [0.25, 0.3) is 0 Å². The zero-order chi connectivity index (χ0) is 17.9. The number of aromatic nitrogens is 1. The third-order valence-corrected chi connectivity index (χ3v) is 5.01.